The quantitative estimate of drug-likeness (QED) is 0.0493. The van der Waals surface area contributed by atoms with Gasteiger partial charge >= 0.3 is 12.1 Å². The van der Waals surface area contributed by atoms with Crippen molar-refractivity contribution < 1.29 is 47.6 Å². The number of carbonyl (C=O) groups is 4. The maximum absolute atomic E-state index is 13.4. The first-order chi connectivity index (χ1) is 40.1. The Hall–Kier alpha value is -8.82. The third kappa shape index (κ3) is 13.7. The minimum atomic E-state index is -0.384. The lowest BCUT2D eigenvalue weighted by Crippen LogP contribution is -2.41. The van der Waals surface area contributed by atoms with Gasteiger partial charge in [0.2, 0.25) is 11.8 Å². The Labute approximate surface area is 475 Å². The minimum Gasteiger partial charge on any atom is -0.491 e. The molecule has 0 aliphatic carbocycles. The van der Waals surface area contributed by atoms with Crippen molar-refractivity contribution in [3.8, 4) is 34.8 Å². The first kappa shape index (κ1) is 56.5. The number of rotatable bonds is 21. The third-order valence-electron chi connectivity index (χ3n) is 15.0. The summed E-state index contributed by atoms with van der Waals surface area (Å²) in [7, 11) is 6.31. The number of hydrogen-bond acceptors (Lipinski definition) is 14. The summed E-state index contributed by atoms with van der Waals surface area (Å²) in [4.78, 5) is 66.8. The molecule has 426 valence electrons. The number of pyridine rings is 2. The summed E-state index contributed by atoms with van der Waals surface area (Å²) in [5.41, 5.74) is 4.72. The van der Waals surface area contributed by atoms with Gasteiger partial charge in [-0.05, 0) is 135 Å². The number of nitrogens with zero attached hydrogens (tertiary/aromatic N) is 6. The number of ether oxygens (including phenoxy) is 6. The number of hydrogen-bond donors (Lipinski definition) is 4. The van der Waals surface area contributed by atoms with Crippen LogP contribution in [0.5, 0.6) is 34.8 Å². The Morgan fingerprint density at radius 2 is 0.890 bits per heavy atom. The summed E-state index contributed by atoms with van der Waals surface area (Å²) in [6, 6.07) is 36.0. The van der Waals surface area contributed by atoms with Crippen molar-refractivity contribution in [3.05, 3.63) is 156 Å². The molecule has 10 rings (SSSR count). The summed E-state index contributed by atoms with van der Waals surface area (Å²) in [5, 5.41) is 12.7. The fraction of sp³-hybridized carbons (Fsp3) is 0.323. The van der Waals surface area contributed by atoms with Crippen molar-refractivity contribution in [1.82, 2.24) is 39.5 Å². The highest BCUT2D eigenvalue weighted by Gasteiger charge is 2.26. The van der Waals surface area contributed by atoms with Crippen LogP contribution in [-0.4, -0.2) is 147 Å². The highest BCUT2D eigenvalue weighted by molar-refractivity contribution is 6.04. The predicted octanol–water partition coefficient (Wildman–Crippen LogP) is 9.96. The molecule has 0 bridgehead atoms. The number of carbonyl (C=O) groups excluding carboxylic acids is 4. The van der Waals surface area contributed by atoms with Crippen LogP contribution >= 0.6 is 0 Å². The maximum atomic E-state index is 13.4. The zero-order chi connectivity index (χ0) is 57.0. The van der Waals surface area contributed by atoms with E-state index in [1.165, 1.54) is 20.3 Å². The number of amides is 4. The molecule has 0 radical (unpaired) electrons. The van der Waals surface area contributed by atoms with E-state index in [0.717, 1.165) is 75.7 Å². The molecule has 2 aliphatic heterocycles. The number of nitrogens with one attached hydrogen (secondary N) is 4. The average Bonchev–Trinajstić information content (AvgIpc) is 4.28. The summed E-state index contributed by atoms with van der Waals surface area (Å²) >= 11 is 0. The molecule has 0 spiro atoms. The van der Waals surface area contributed by atoms with E-state index in [1.807, 2.05) is 48.5 Å². The summed E-state index contributed by atoms with van der Waals surface area (Å²) in [6.07, 6.45) is 7.31. The van der Waals surface area contributed by atoms with Gasteiger partial charge in [0, 0.05) is 112 Å². The number of fused-ring (bicyclic) bond motifs is 2. The second kappa shape index (κ2) is 26.6. The van der Waals surface area contributed by atoms with Crippen molar-refractivity contribution in [3.63, 3.8) is 0 Å². The van der Waals surface area contributed by atoms with E-state index in [9.17, 15) is 19.2 Å². The number of piperidine rings is 2. The number of likely N-dealkylation sites (tertiary alicyclic amines) is 2. The van der Waals surface area contributed by atoms with Gasteiger partial charge in [-0.2, -0.15) is 0 Å². The van der Waals surface area contributed by atoms with Gasteiger partial charge in [0.1, 0.15) is 47.8 Å². The zero-order valence-corrected chi connectivity index (χ0v) is 46.5. The Kier molecular flexibility index (Phi) is 18.3. The molecule has 6 heterocycles. The van der Waals surface area contributed by atoms with E-state index in [2.05, 4.69) is 65.3 Å². The van der Waals surface area contributed by atoms with Crippen LogP contribution in [-0.2, 0) is 9.47 Å². The van der Waals surface area contributed by atoms with Gasteiger partial charge in [0.15, 0.2) is 0 Å². The van der Waals surface area contributed by atoms with Gasteiger partial charge in [-0.15, -0.1) is 0 Å². The standard InChI is InChI=1S/C62H68N10O10/c1-63-61(75)71-53-37-49(79-33-31-77-3)15-13-47(53)35-57(71)81-51-17-23-65-55(39-51)67-59(73)45-9-5-41(6-10-45)43-19-25-69(26-20-43)29-30-70-27-21-44(22-28-70)42-7-11-46(12-8-42)60(74)68-56-40-52(18-24-66-56)82-58-36-48-14-16-50(80-34-32-78-4)38-54(48)72(58)62(76)64-2/h5-18,23-24,35-40,43-44H,19-22,25-34H2,1-4H3,(H,63,75)(H,64,76)(H,65,67,73)(H,66,68,74). The van der Waals surface area contributed by atoms with Crippen molar-refractivity contribution in [2.45, 2.75) is 37.5 Å². The van der Waals surface area contributed by atoms with Gasteiger partial charge in [-0.3, -0.25) is 9.59 Å². The van der Waals surface area contributed by atoms with Crippen LogP contribution < -0.4 is 40.2 Å². The molecule has 4 aromatic heterocycles. The topological polar surface area (TPSA) is 214 Å². The molecule has 4 N–H and O–H groups in total. The van der Waals surface area contributed by atoms with Gasteiger partial charge in [0.25, 0.3) is 11.8 Å². The number of anilines is 2. The Morgan fingerprint density at radius 3 is 1.27 bits per heavy atom. The fourth-order valence-electron chi connectivity index (χ4n) is 10.5. The van der Waals surface area contributed by atoms with Crippen LogP contribution in [0.1, 0.15) is 69.4 Å². The van der Waals surface area contributed by atoms with Gasteiger partial charge in [-0.1, -0.05) is 24.3 Å². The van der Waals surface area contributed by atoms with Crippen molar-refractivity contribution in [2.75, 3.05) is 105 Å². The predicted molar refractivity (Wildman–Crippen MR) is 313 cm³/mol. The third-order valence-corrected chi connectivity index (χ3v) is 15.0. The van der Waals surface area contributed by atoms with Crippen LogP contribution in [0.3, 0.4) is 0 Å². The molecule has 8 aromatic rings. The Morgan fingerprint density at radius 1 is 0.488 bits per heavy atom. The molecule has 2 saturated heterocycles. The summed E-state index contributed by atoms with van der Waals surface area (Å²) < 4.78 is 37.0. The average molecular weight is 1110 g/mol. The monoisotopic (exact) mass is 1110 g/mol. The molecule has 4 aromatic carbocycles. The molecule has 2 aliphatic rings. The number of benzene rings is 4. The van der Waals surface area contributed by atoms with Gasteiger partial charge in [0.05, 0.1) is 24.2 Å². The number of methoxy groups -OCH3 is 2. The highest BCUT2D eigenvalue weighted by Crippen LogP contribution is 2.35. The van der Waals surface area contributed by atoms with E-state index >= 15 is 0 Å². The number of aromatic nitrogens is 4. The van der Waals surface area contributed by atoms with Crippen LogP contribution in [0.25, 0.3) is 21.8 Å². The lowest BCUT2D eigenvalue weighted by Gasteiger charge is -2.36. The lowest BCUT2D eigenvalue weighted by atomic mass is 9.88. The molecular formula is C62H68N10O10. The van der Waals surface area contributed by atoms with Gasteiger partial charge < -0.3 is 59.5 Å². The second-order valence-electron chi connectivity index (χ2n) is 20.2. The van der Waals surface area contributed by atoms with Crippen molar-refractivity contribution >= 4 is 57.3 Å². The lowest BCUT2D eigenvalue weighted by molar-refractivity contribution is 0.101. The first-order valence-corrected chi connectivity index (χ1v) is 27.6. The van der Waals surface area contributed by atoms with Crippen LogP contribution in [0.2, 0.25) is 0 Å². The second-order valence-corrected chi connectivity index (χ2v) is 20.2. The summed E-state index contributed by atoms with van der Waals surface area (Å²) in [5.74, 6) is 3.43. The molecule has 2 fully saturated rings. The van der Waals surface area contributed by atoms with E-state index in [-0.39, 0.29) is 35.6 Å². The van der Waals surface area contributed by atoms with Crippen molar-refractivity contribution in [1.29, 1.82) is 0 Å². The van der Waals surface area contributed by atoms with E-state index in [0.29, 0.717) is 95.1 Å². The maximum Gasteiger partial charge on any atom is 0.328 e. The highest BCUT2D eigenvalue weighted by atomic mass is 16.5. The molecule has 0 atom stereocenters. The van der Waals surface area contributed by atoms with Crippen LogP contribution in [0.15, 0.2) is 134 Å². The molecule has 0 saturated carbocycles. The first-order valence-electron chi connectivity index (χ1n) is 27.6. The van der Waals surface area contributed by atoms with E-state index in [1.54, 1.807) is 89.2 Å². The minimum absolute atomic E-state index is 0.286. The summed E-state index contributed by atoms with van der Waals surface area (Å²) in [6.45, 7) is 7.75. The van der Waals surface area contributed by atoms with E-state index < -0.39 is 0 Å². The van der Waals surface area contributed by atoms with Crippen LogP contribution in [0, 0.1) is 0 Å². The Balaban J connectivity index is 0.649. The van der Waals surface area contributed by atoms with Gasteiger partial charge in [-0.25, -0.2) is 28.7 Å². The molecule has 20 heteroatoms. The zero-order valence-electron chi connectivity index (χ0n) is 46.5. The largest absolute Gasteiger partial charge is 0.491 e. The van der Waals surface area contributed by atoms with Crippen LogP contribution in [0.4, 0.5) is 21.2 Å². The normalized spacial score (nSPS) is 14.3. The Bertz CT molecular complexity index is 3280. The molecule has 20 nitrogen and oxygen atoms in total. The van der Waals surface area contributed by atoms with Crippen molar-refractivity contribution in [2.24, 2.45) is 0 Å². The molecule has 82 heavy (non-hydrogen) atoms. The smallest absolute Gasteiger partial charge is 0.328 e. The molecule has 4 amide bonds. The SMILES string of the molecule is CNC(=O)n1c(Oc2ccnc(NC(=O)c3ccc(C4CCN(CCN5CCC(c6ccc(C(=O)Nc7cc(Oc8cc9ccc(OCCOC)cc9n8C(=O)NC)ccn7)cc6)CC5)CC4)cc3)c2)cc2ccc(OCCOC)cc21. The molecule has 0 unspecified atom stereocenters. The molecular weight excluding hydrogens is 1040 g/mol. The van der Waals surface area contributed by atoms with E-state index in [4.69, 9.17) is 28.4 Å². The fourth-order valence-corrected chi connectivity index (χ4v) is 10.5.